The molecule has 2 aliphatic heterocycles. The Morgan fingerprint density at radius 2 is 1.98 bits per heavy atom. The molecule has 42 heavy (non-hydrogen) atoms. The second-order valence-corrected chi connectivity index (χ2v) is 15.3. The number of hydrogen-bond acceptors (Lipinski definition) is 6. The lowest BCUT2D eigenvalue weighted by atomic mass is 9.63. The lowest BCUT2D eigenvalue weighted by Gasteiger charge is -2.50. The number of nitrogens with zero attached hydrogens (tertiary/aromatic N) is 1. The molecule has 1 saturated carbocycles. The molecular weight excluding hydrogens is 570 g/mol. The highest BCUT2D eigenvalue weighted by molar-refractivity contribution is 7.84. The van der Waals surface area contributed by atoms with E-state index >= 15 is 0 Å². The van der Waals surface area contributed by atoms with Crippen molar-refractivity contribution in [3.63, 3.8) is 0 Å². The summed E-state index contributed by atoms with van der Waals surface area (Å²) in [5.74, 6) is 0.934. The van der Waals surface area contributed by atoms with E-state index in [2.05, 4.69) is 28.7 Å². The molecule has 7 nitrogen and oxygen atoms in total. The summed E-state index contributed by atoms with van der Waals surface area (Å²) in [4.78, 5) is 15.8. The van der Waals surface area contributed by atoms with Gasteiger partial charge in [-0.3, -0.25) is 9.52 Å². The second-order valence-electron chi connectivity index (χ2n) is 13.3. The van der Waals surface area contributed by atoms with Crippen molar-refractivity contribution in [2.24, 2.45) is 23.5 Å². The Morgan fingerprint density at radius 3 is 2.74 bits per heavy atom. The molecule has 4 aliphatic rings. The van der Waals surface area contributed by atoms with E-state index in [1.807, 2.05) is 25.1 Å². The molecule has 1 spiro atoms. The van der Waals surface area contributed by atoms with Gasteiger partial charge in [0.15, 0.2) is 0 Å². The average molecular weight is 614 g/mol. The first-order chi connectivity index (χ1) is 20.1. The standard InChI is InChI=1S/C33H44ClN3O4S/c1-21-5-3-14-33(39,18-35)28-10-7-25(28)17-37-19-32(13-4-6-23-15-26(34)9-11-27(23)32)20-41-30-12-8-24(16-29(30)37)31(38)36-42(40)22(21)2/h8-9,11-12,15-16,21-22,25,28,39H,3-7,10,13-14,17-20,35H2,1-2H3,(H,36,38)/t21?,22?,25?,28?,32-,33+,42?/m0/s1. The Balaban J connectivity index is 1.42. The minimum Gasteiger partial charge on any atom is -0.490 e. The fourth-order valence-corrected chi connectivity index (χ4v) is 9.13. The topological polar surface area (TPSA) is 105 Å². The zero-order valence-electron chi connectivity index (χ0n) is 24.7. The number of amides is 1. The molecule has 228 valence electrons. The van der Waals surface area contributed by atoms with Gasteiger partial charge in [-0.25, -0.2) is 4.21 Å². The Hall–Kier alpha value is -2.13. The number of ether oxygens (including phenoxy) is 1. The van der Waals surface area contributed by atoms with Gasteiger partial charge in [-0.15, -0.1) is 0 Å². The van der Waals surface area contributed by atoms with Crippen molar-refractivity contribution in [3.8, 4) is 5.75 Å². The van der Waals surface area contributed by atoms with Gasteiger partial charge in [-0.2, -0.15) is 0 Å². The van der Waals surface area contributed by atoms with Crippen molar-refractivity contribution in [1.82, 2.24) is 4.72 Å². The first kappa shape index (κ1) is 29.9. The summed E-state index contributed by atoms with van der Waals surface area (Å²) >= 11 is 6.41. The third kappa shape index (κ3) is 5.49. The molecule has 6 rings (SSSR count). The lowest BCUT2D eigenvalue weighted by molar-refractivity contribution is -0.0814. The molecule has 0 radical (unpaired) electrons. The average Bonchev–Trinajstić information content (AvgIpc) is 3.11. The number of anilines is 1. The minimum absolute atomic E-state index is 0.116. The molecule has 9 heteroatoms. The first-order valence-corrected chi connectivity index (χ1v) is 17.2. The molecule has 0 saturated heterocycles. The van der Waals surface area contributed by atoms with Crippen molar-refractivity contribution in [2.45, 2.75) is 81.5 Å². The van der Waals surface area contributed by atoms with Crippen molar-refractivity contribution in [3.05, 3.63) is 58.1 Å². The summed E-state index contributed by atoms with van der Waals surface area (Å²) in [6.45, 7) is 6.25. The van der Waals surface area contributed by atoms with Crippen LogP contribution in [0.25, 0.3) is 0 Å². The zero-order valence-corrected chi connectivity index (χ0v) is 26.3. The van der Waals surface area contributed by atoms with Crippen LogP contribution in [0.3, 0.4) is 0 Å². The van der Waals surface area contributed by atoms with E-state index in [9.17, 15) is 14.1 Å². The fraction of sp³-hybridized carbons (Fsp3) is 0.606. The second kappa shape index (κ2) is 11.8. The number of halogens is 1. The molecule has 2 aliphatic carbocycles. The number of hydrogen-bond donors (Lipinski definition) is 3. The number of benzene rings is 2. The van der Waals surface area contributed by atoms with E-state index in [1.165, 1.54) is 11.1 Å². The number of carbonyl (C=O) groups excluding carboxylic acids is 1. The molecular formula is C33H44ClN3O4S. The monoisotopic (exact) mass is 613 g/mol. The van der Waals surface area contributed by atoms with Gasteiger partial charge in [0.05, 0.1) is 23.1 Å². The van der Waals surface area contributed by atoms with E-state index in [4.69, 9.17) is 22.1 Å². The van der Waals surface area contributed by atoms with E-state index in [-0.39, 0.29) is 40.9 Å². The molecule has 7 atom stereocenters. The molecule has 2 aromatic rings. The van der Waals surface area contributed by atoms with E-state index in [0.717, 1.165) is 74.5 Å². The third-order valence-corrected chi connectivity index (χ3v) is 12.6. The molecule has 2 heterocycles. The largest absolute Gasteiger partial charge is 0.490 e. The summed E-state index contributed by atoms with van der Waals surface area (Å²) in [6.07, 6.45) is 7.28. The van der Waals surface area contributed by atoms with Crippen LogP contribution in [0, 0.1) is 17.8 Å². The van der Waals surface area contributed by atoms with Crippen LogP contribution in [0.5, 0.6) is 5.75 Å². The van der Waals surface area contributed by atoms with Crippen LogP contribution < -0.4 is 20.1 Å². The van der Waals surface area contributed by atoms with Crippen LogP contribution in [-0.2, 0) is 22.8 Å². The summed E-state index contributed by atoms with van der Waals surface area (Å²) in [7, 11) is -1.53. The quantitative estimate of drug-likeness (QED) is 0.412. The molecule has 1 fully saturated rings. The predicted octanol–water partition coefficient (Wildman–Crippen LogP) is 5.13. The SMILES string of the molecule is CC1CCC[C@@](O)(CN)C2CCC2CN2C[C@@]3(CCCc4cc(Cl)ccc43)COc3ccc(cc32)C(=O)NS(=O)C1C. The van der Waals surface area contributed by atoms with Crippen molar-refractivity contribution >= 4 is 34.2 Å². The molecule has 0 aromatic heterocycles. The zero-order chi connectivity index (χ0) is 29.6. The van der Waals surface area contributed by atoms with Gasteiger partial charge >= 0.3 is 0 Å². The molecule has 1 amide bonds. The number of nitrogens with one attached hydrogen (secondary N) is 1. The maximum atomic E-state index is 13.4. The summed E-state index contributed by atoms with van der Waals surface area (Å²) in [5, 5.41) is 12.4. The Bertz CT molecular complexity index is 1370. The van der Waals surface area contributed by atoms with Crippen molar-refractivity contribution < 1.29 is 18.8 Å². The number of carbonyl (C=O) groups is 1. The lowest BCUT2D eigenvalue weighted by Crippen LogP contribution is -2.55. The van der Waals surface area contributed by atoms with Crippen LogP contribution >= 0.6 is 11.6 Å². The van der Waals surface area contributed by atoms with Crippen molar-refractivity contribution in [2.75, 3.05) is 31.1 Å². The molecule has 4 N–H and O–H groups in total. The summed E-state index contributed by atoms with van der Waals surface area (Å²) in [6, 6.07) is 11.8. The van der Waals surface area contributed by atoms with Gasteiger partial charge in [0.2, 0.25) is 0 Å². The molecule has 5 unspecified atom stereocenters. The molecule has 2 bridgehead atoms. The van der Waals surface area contributed by atoms with Gasteiger partial charge in [0.1, 0.15) is 16.7 Å². The summed E-state index contributed by atoms with van der Waals surface area (Å²) < 4.78 is 22.5. The van der Waals surface area contributed by atoms with E-state index in [0.29, 0.717) is 18.6 Å². The normalized spacial score (nSPS) is 35.2. The van der Waals surface area contributed by atoms with Crippen LogP contribution in [0.1, 0.15) is 80.3 Å². The van der Waals surface area contributed by atoms with Gasteiger partial charge in [0.25, 0.3) is 5.91 Å². The van der Waals surface area contributed by atoms with Crippen molar-refractivity contribution in [1.29, 1.82) is 0 Å². The van der Waals surface area contributed by atoms with E-state index < -0.39 is 16.6 Å². The highest BCUT2D eigenvalue weighted by Gasteiger charge is 2.48. The maximum Gasteiger partial charge on any atom is 0.263 e. The minimum atomic E-state index is -1.53. The Kier molecular flexibility index (Phi) is 8.37. The van der Waals surface area contributed by atoms with E-state index in [1.54, 1.807) is 6.07 Å². The smallest absolute Gasteiger partial charge is 0.263 e. The van der Waals surface area contributed by atoms with Crippen LogP contribution in [0.15, 0.2) is 36.4 Å². The number of aliphatic hydroxyl groups is 1. The number of nitrogens with two attached hydrogens (primary N) is 1. The van der Waals surface area contributed by atoms with Gasteiger partial charge in [0, 0.05) is 35.6 Å². The summed E-state index contributed by atoms with van der Waals surface area (Å²) in [5.41, 5.74) is 9.04. The Morgan fingerprint density at radius 1 is 1.14 bits per heavy atom. The van der Waals surface area contributed by atoms with Gasteiger partial charge in [-0.1, -0.05) is 31.0 Å². The third-order valence-electron chi connectivity index (χ3n) is 10.8. The fourth-order valence-electron chi connectivity index (χ4n) is 7.89. The van der Waals surface area contributed by atoms with Crippen LogP contribution in [0.2, 0.25) is 5.02 Å². The number of aryl methyl sites for hydroxylation is 1. The highest BCUT2D eigenvalue weighted by atomic mass is 35.5. The van der Waals surface area contributed by atoms with Gasteiger partial charge in [-0.05, 0) is 111 Å². The maximum absolute atomic E-state index is 13.4. The highest BCUT2D eigenvalue weighted by Crippen LogP contribution is 2.48. The number of rotatable bonds is 1. The Labute approximate surface area is 257 Å². The van der Waals surface area contributed by atoms with Crippen LogP contribution in [-0.4, -0.2) is 52.3 Å². The van der Waals surface area contributed by atoms with Gasteiger partial charge < -0.3 is 20.5 Å². The number of fused-ring (bicyclic) bond motifs is 4. The molecule has 2 aromatic carbocycles. The van der Waals surface area contributed by atoms with Crippen LogP contribution in [0.4, 0.5) is 5.69 Å². The predicted molar refractivity (Wildman–Crippen MR) is 169 cm³/mol. The first-order valence-electron chi connectivity index (χ1n) is 15.6.